The molecular weight excluding hydrogens is 732 g/mol. The zero-order chi connectivity index (χ0) is 39.5. The number of para-hydroxylation sites is 2. The van der Waals surface area contributed by atoms with Crippen LogP contribution < -0.4 is 19.3 Å². The summed E-state index contributed by atoms with van der Waals surface area (Å²) in [5.41, 5.74) is 2.71. The van der Waals surface area contributed by atoms with Gasteiger partial charge in [0.2, 0.25) is 0 Å². The smallest absolute Gasteiger partial charge is 0.335 e. The lowest BCUT2D eigenvalue weighted by atomic mass is 10.1. The van der Waals surface area contributed by atoms with Crippen molar-refractivity contribution in [1.82, 2.24) is 9.97 Å². The summed E-state index contributed by atoms with van der Waals surface area (Å²) in [5.74, 6) is -2.92. The third-order valence-electron chi connectivity index (χ3n) is 9.47. The van der Waals surface area contributed by atoms with E-state index in [0.717, 1.165) is 20.8 Å². The van der Waals surface area contributed by atoms with Gasteiger partial charge in [0.25, 0.3) is 23.6 Å². The number of aromatic carboxylic acids is 2. The minimum Gasteiger partial charge on any atom is -0.478 e. The number of nitrogens with zero attached hydrogens (tertiary/aromatic N) is 3. The van der Waals surface area contributed by atoms with Gasteiger partial charge in [0, 0.05) is 11.6 Å². The number of amides is 4. The first-order chi connectivity index (χ1) is 27.5. The highest BCUT2D eigenvalue weighted by atomic mass is 16.5. The molecule has 0 bridgehead atoms. The summed E-state index contributed by atoms with van der Waals surface area (Å²) in [6.45, 7) is 0. The highest BCUT2D eigenvalue weighted by molar-refractivity contribution is 6.35. The normalized spacial score (nSPS) is 13.3. The standard InChI is InChI=1S/C43H24N4O10/c48-38-31-15-5-22(42(52)53)19-33(31)40(50)46(38)25-7-11-27(12-8-25)56-29-17-24(37-44-35-3-1-2-4-36(35)45-37)18-30(21-29)57-28-13-9-26(10-14-28)47-39(49)32-16-6-23(43(54)55)20-34(32)41(47)51/h1-21H,(H,44,45)(H,52,53)(H,54,55). The van der Waals surface area contributed by atoms with E-state index in [1.54, 1.807) is 42.5 Å². The number of aromatic nitrogens is 2. The van der Waals surface area contributed by atoms with Gasteiger partial charge in [-0.2, -0.15) is 0 Å². The van der Waals surface area contributed by atoms with Crippen LogP contribution in [-0.2, 0) is 0 Å². The summed E-state index contributed by atoms with van der Waals surface area (Å²) in [5, 5.41) is 18.7. The molecule has 14 nitrogen and oxygen atoms in total. The molecule has 2 aliphatic heterocycles. The number of fused-ring (bicyclic) bond motifs is 3. The number of rotatable bonds is 9. The molecule has 0 unspecified atom stereocenters. The van der Waals surface area contributed by atoms with E-state index in [2.05, 4.69) is 4.98 Å². The van der Waals surface area contributed by atoms with Crippen LogP contribution in [0.15, 0.2) is 127 Å². The molecule has 2 aliphatic rings. The Hall–Kier alpha value is -8.39. The first-order valence-electron chi connectivity index (χ1n) is 17.2. The van der Waals surface area contributed by atoms with E-state index in [0.29, 0.717) is 34.4 Å². The molecular formula is C43H24N4O10. The van der Waals surface area contributed by atoms with E-state index in [9.17, 15) is 39.0 Å². The van der Waals surface area contributed by atoms with E-state index >= 15 is 0 Å². The summed E-state index contributed by atoms with van der Waals surface area (Å²) in [6.07, 6.45) is 0. The predicted molar refractivity (Wildman–Crippen MR) is 204 cm³/mol. The monoisotopic (exact) mass is 756 g/mol. The molecule has 276 valence electrons. The maximum Gasteiger partial charge on any atom is 0.335 e. The fourth-order valence-corrected chi connectivity index (χ4v) is 6.73. The van der Waals surface area contributed by atoms with Gasteiger partial charge in [-0.1, -0.05) is 12.1 Å². The lowest BCUT2D eigenvalue weighted by Gasteiger charge is -2.16. The second-order valence-corrected chi connectivity index (χ2v) is 13.0. The number of hydrogen-bond donors (Lipinski definition) is 3. The summed E-state index contributed by atoms with van der Waals surface area (Å²) in [6, 6.07) is 32.7. The van der Waals surface area contributed by atoms with Gasteiger partial charge in [-0.05, 0) is 109 Å². The van der Waals surface area contributed by atoms with Gasteiger partial charge in [0.1, 0.15) is 28.8 Å². The van der Waals surface area contributed by atoms with Crippen molar-refractivity contribution in [1.29, 1.82) is 0 Å². The molecule has 3 heterocycles. The highest BCUT2D eigenvalue weighted by Crippen LogP contribution is 2.37. The summed E-state index contributed by atoms with van der Waals surface area (Å²) < 4.78 is 12.5. The van der Waals surface area contributed by atoms with E-state index < -0.39 is 35.6 Å². The molecule has 57 heavy (non-hydrogen) atoms. The Morgan fingerprint density at radius 2 is 0.965 bits per heavy atom. The molecule has 1 aromatic heterocycles. The lowest BCUT2D eigenvalue weighted by molar-refractivity contribution is 0.0686. The number of benzene rings is 6. The molecule has 3 N–H and O–H groups in total. The van der Waals surface area contributed by atoms with Crippen molar-refractivity contribution in [2.24, 2.45) is 0 Å². The Balaban J connectivity index is 0.985. The van der Waals surface area contributed by atoms with Gasteiger partial charge in [0.15, 0.2) is 0 Å². The van der Waals surface area contributed by atoms with Gasteiger partial charge in [-0.3, -0.25) is 19.2 Å². The summed E-state index contributed by atoms with van der Waals surface area (Å²) >= 11 is 0. The SMILES string of the molecule is O=C(O)c1ccc2c(c1)C(=O)N(c1ccc(Oc3cc(Oc4ccc(N5C(=O)c6ccc(C(=O)O)cc6C5=O)cc4)cc(-c4nc5ccccc5[nH]4)c3)cc1)C2=O. The van der Waals surface area contributed by atoms with E-state index in [1.807, 2.05) is 24.3 Å². The van der Waals surface area contributed by atoms with Gasteiger partial charge in [-0.15, -0.1) is 0 Å². The first-order valence-corrected chi connectivity index (χ1v) is 17.2. The molecule has 0 saturated carbocycles. The number of H-pyrrole nitrogens is 1. The average Bonchev–Trinajstić information content (AvgIpc) is 3.84. The van der Waals surface area contributed by atoms with Crippen LogP contribution in [0.4, 0.5) is 11.4 Å². The molecule has 14 heteroatoms. The number of ether oxygens (including phenoxy) is 2. The van der Waals surface area contributed by atoms with Crippen molar-refractivity contribution in [3.05, 3.63) is 161 Å². The fraction of sp³-hybridized carbons (Fsp3) is 0. The van der Waals surface area contributed by atoms with Crippen LogP contribution >= 0.6 is 0 Å². The number of carbonyl (C=O) groups is 6. The zero-order valence-corrected chi connectivity index (χ0v) is 29.1. The van der Waals surface area contributed by atoms with Crippen molar-refractivity contribution < 1.29 is 48.5 Å². The molecule has 0 fully saturated rings. The predicted octanol–water partition coefficient (Wildman–Crippen LogP) is 7.81. The summed E-state index contributed by atoms with van der Waals surface area (Å²) in [4.78, 5) is 85.5. The Morgan fingerprint density at radius 1 is 0.509 bits per heavy atom. The molecule has 0 spiro atoms. The second-order valence-electron chi connectivity index (χ2n) is 13.0. The van der Waals surface area contributed by atoms with Crippen LogP contribution in [0.25, 0.3) is 22.4 Å². The fourth-order valence-electron chi connectivity index (χ4n) is 6.73. The van der Waals surface area contributed by atoms with E-state index in [-0.39, 0.29) is 44.8 Å². The van der Waals surface area contributed by atoms with Crippen molar-refractivity contribution in [2.45, 2.75) is 0 Å². The second kappa shape index (κ2) is 13.2. The van der Waals surface area contributed by atoms with Gasteiger partial charge >= 0.3 is 11.9 Å². The summed E-state index contributed by atoms with van der Waals surface area (Å²) in [7, 11) is 0. The molecule has 0 aliphatic carbocycles. The number of imidazole rings is 1. The van der Waals surface area contributed by atoms with Crippen LogP contribution in [0.5, 0.6) is 23.0 Å². The van der Waals surface area contributed by atoms with Gasteiger partial charge in [0.05, 0.1) is 55.8 Å². The number of carbonyl (C=O) groups excluding carboxylic acids is 4. The first kappa shape index (κ1) is 34.4. The van der Waals surface area contributed by atoms with Gasteiger partial charge < -0.3 is 24.7 Å². The van der Waals surface area contributed by atoms with Crippen LogP contribution in [0, 0.1) is 0 Å². The lowest BCUT2D eigenvalue weighted by Crippen LogP contribution is -2.29. The van der Waals surface area contributed by atoms with Crippen LogP contribution in [0.1, 0.15) is 62.1 Å². The third kappa shape index (κ3) is 5.99. The Morgan fingerprint density at radius 3 is 1.42 bits per heavy atom. The zero-order valence-electron chi connectivity index (χ0n) is 29.1. The average molecular weight is 757 g/mol. The van der Waals surface area contributed by atoms with Crippen LogP contribution in [0.3, 0.4) is 0 Å². The molecule has 0 saturated heterocycles. The Labute approximate surface area is 320 Å². The number of hydrogen-bond acceptors (Lipinski definition) is 9. The topological polar surface area (TPSA) is 196 Å². The number of aromatic amines is 1. The van der Waals surface area contributed by atoms with Crippen LogP contribution in [0.2, 0.25) is 0 Å². The minimum absolute atomic E-state index is 0.00414. The van der Waals surface area contributed by atoms with Gasteiger partial charge in [-0.25, -0.2) is 24.4 Å². The molecule has 9 rings (SSSR count). The molecule has 0 radical (unpaired) electrons. The molecule has 6 aromatic carbocycles. The maximum atomic E-state index is 13.2. The molecule has 0 atom stereocenters. The Bertz CT molecular complexity index is 2710. The largest absolute Gasteiger partial charge is 0.478 e. The number of imide groups is 2. The van der Waals surface area contributed by atoms with E-state index in [4.69, 9.17) is 14.5 Å². The number of carboxylic acids is 2. The molecule has 7 aromatic rings. The van der Waals surface area contributed by atoms with Crippen LogP contribution in [-0.4, -0.2) is 55.7 Å². The van der Waals surface area contributed by atoms with E-state index in [1.165, 1.54) is 60.7 Å². The van der Waals surface area contributed by atoms with Crippen molar-refractivity contribution in [3.8, 4) is 34.4 Å². The minimum atomic E-state index is -1.21. The quantitative estimate of drug-likeness (QED) is 0.122. The van der Waals surface area contributed by atoms with Crippen molar-refractivity contribution in [3.63, 3.8) is 0 Å². The number of anilines is 2. The molecule has 4 amide bonds. The maximum absolute atomic E-state index is 13.2. The third-order valence-corrected chi connectivity index (χ3v) is 9.47. The number of nitrogens with one attached hydrogen (secondary N) is 1. The highest BCUT2D eigenvalue weighted by Gasteiger charge is 2.38. The number of carboxylic acid groups (broad SMARTS) is 2. The Kier molecular flexibility index (Phi) is 7.95. The van der Waals surface area contributed by atoms with Crippen molar-refractivity contribution in [2.75, 3.05) is 9.80 Å². The van der Waals surface area contributed by atoms with Crippen molar-refractivity contribution >= 4 is 58.0 Å².